The number of hydrogen-bond donors (Lipinski definition) is 2. The van der Waals surface area contributed by atoms with Gasteiger partial charge in [-0.15, -0.1) is 5.10 Å². The number of rotatable bonds is 2. The summed E-state index contributed by atoms with van der Waals surface area (Å²) in [6, 6.07) is 7.36. The zero-order chi connectivity index (χ0) is 15.0. The first-order valence-electron chi connectivity index (χ1n) is 7.53. The van der Waals surface area contributed by atoms with Crippen molar-refractivity contribution in [1.29, 1.82) is 0 Å². The van der Waals surface area contributed by atoms with Gasteiger partial charge >= 0.3 is 0 Å². The van der Waals surface area contributed by atoms with Crippen LogP contribution in [0.4, 0.5) is 5.95 Å². The molecular formula is C16H23N5. The molecule has 3 rings (SSSR count). The Balaban J connectivity index is 1.86. The van der Waals surface area contributed by atoms with E-state index in [4.69, 9.17) is 0 Å². The lowest BCUT2D eigenvalue weighted by atomic mass is 10.1. The van der Waals surface area contributed by atoms with Crippen LogP contribution >= 0.6 is 0 Å². The summed E-state index contributed by atoms with van der Waals surface area (Å²) in [6.45, 7) is 10.5. The summed E-state index contributed by atoms with van der Waals surface area (Å²) >= 11 is 0. The fourth-order valence-electron chi connectivity index (χ4n) is 3.12. The van der Waals surface area contributed by atoms with Gasteiger partial charge in [-0.2, -0.15) is 4.98 Å². The van der Waals surface area contributed by atoms with E-state index in [-0.39, 0.29) is 0 Å². The molecule has 2 aromatic rings. The van der Waals surface area contributed by atoms with Gasteiger partial charge in [-0.3, -0.25) is 5.10 Å². The van der Waals surface area contributed by atoms with E-state index < -0.39 is 0 Å². The minimum Gasteiger partial charge on any atom is -0.336 e. The minimum atomic E-state index is 0.455. The van der Waals surface area contributed by atoms with E-state index >= 15 is 0 Å². The molecule has 2 atom stereocenters. The van der Waals surface area contributed by atoms with Crippen LogP contribution < -0.4 is 10.2 Å². The van der Waals surface area contributed by atoms with Crippen LogP contribution in [0.5, 0.6) is 0 Å². The number of aryl methyl sites for hydroxylation is 2. The molecule has 1 aliphatic heterocycles. The molecule has 21 heavy (non-hydrogen) atoms. The van der Waals surface area contributed by atoms with Gasteiger partial charge in [0, 0.05) is 30.7 Å². The molecule has 1 fully saturated rings. The maximum atomic E-state index is 4.69. The Morgan fingerprint density at radius 2 is 1.67 bits per heavy atom. The molecule has 0 saturated carbocycles. The van der Waals surface area contributed by atoms with E-state index in [0.717, 1.165) is 30.4 Å². The average molecular weight is 285 g/mol. The van der Waals surface area contributed by atoms with Crippen molar-refractivity contribution < 1.29 is 0 Å². The normalized spacial score (nSPS) is 22.6. The van der Waals surface area contributed by atoms with Crippen molar-refractivity contribution in [3.63, 3.8) is 0 Å². The Morgan fingerprint density at radius 1 is 1.05 bits per heavy atom. The summed E-state index contributed by atoms with van der Waals surface area (Å²) in [5.74, 6) is 1.64. The van der Waals surface area contributed by atoms with Crippen LogP contribution in [0, 0.1) is 13.8 Å². The molecule has 5 nitrogen and oxygen atoms in total. The number of aromatic nitrogens is 3. The van der Waals surface area contributed by atoms with Gasteiger partial charge < -0.3 is 10.2 Å². The summed E-state index contributed by atoms with van der Waals surface area (Å²) in [6.07, 6.45) is 0. The molecule has 112 valence electrons. The molecule has 0 aliphatic carbocycles. The number of benzene rings is 1. The van der Waals surface area contributed by atoms with Gasteiger partial charge in [-0.1, -0.05) is 17.2 Å². The van der Waals surface area contributed by atoms with Gasteiger partial charge in [-0.05, 0) is 39.8 Å². The zero-order valence-electron chi connectivity index (χ0n) is 13.1. The van der Waals surface area contributed by atoms with Crippen molar-refractivity contribution in [3.8, 4) is 11.4 Å². The quantitative estimate of drug-likeness (QED) is 0.889. The van der Waals surface area contributed by atoms with Crippen molar-refractivity contribution in [1.82, 2.24) is 20.5 Å². The number of hydrogen-bond acceptors (Lipinski definition) is 4. The maximum Gasteiger partial charge on any atom is 0.245 e. The van der Waals surface area contributed by atoms with Crippen molar-refractivity contribution in [2.75, 3.05) is 18.0 Å². The second kappa shape index (κ2) is 5.48. The number of H-pyrrole nitrogens is 1. The number of nitrogens with one attached hydrogen (secondary N) is 2. The van der Waals surface area contributed by atoms with Gasteiger partial charge in [0.2, 0.25) is 5.95 Å². The van der Waals surface area contributed by atoms with Crippen LogP contribution in [0.25, 0.3) is 11.4 Å². The molecule has 5 heteroatoms. The molecule has 2 unspecified atom stereocenters. The molecule has 1 saturated heterocycles. The largest absolute Gasteiger partial charge is 0.336 e. The number of nitrogens with zero attached hydrogens (tertiary/aromatic N) is 3. The van der Waals surface area contributed by atoms with Crippen molar-refractivity contribution in [3.05, 3.63) is 29.3 Å². The Morgan fingerprint density at radius 3 is 2.29 bits per heavy atom. The Labute approximate surface area is 125 Å². The third kappa shape index (κ3) is 3.08. The topological polar surface area (TPSA) is 56.8 Å². The van der Waals surface area contributed by atoms with Gasteiger partial charge in [-0.25, -0.2) is 0 Å². The molecule has 0 bridgehead atoms. The zero-order valence-corrected chi connectivity index (χ0v) is 13.1. The van der Waals surface area contributed by atoms with Gasteiger partial charge in [0.1, 0.15) is 0 Å². The van der Waals surface area contributed by atoms with Crippen LogP contribution in [-0.4, -0.2) is 40.4 Å². The SMILES string of the molecule is Cc1cc(C)cc(-c2nc(N3CC(C)NC(C)C3)n[nH]2)c1. The Kier molecular flexibility index (Phi) is 3.68. The lowest BCUT2D eigenvalue weighted by molar-refractivity contribution is 0.403. The summed E-state index contributed by atoms with van der Waals surface area (Å²) < 4.78 is 0. The first kappa shape index (κ1) is 14.1. The lowest BCUT2D eigenvalue weighted by Crippen LogP contribution is -2.54. The van der Waals surface area contributed by atoms with Crippen LogP contribution in [0.3, 0.4) is 0 Å². The van der Waals surface area contributed by atoms with E-state index in [2.05, 4.69) is 71.3 Å². The molecule has 1 aliphatic rings. The van der Waals surface area contributed by atoms with Crippen LogP contribution in [0.2, 0.25) is 0 Å². The standard InChI is InChI=1S/C16H23N5/c1-10-5-11(2)7-14(6-10)15-18-16(20-19-15)21-8-12(3)17-13(4)9-21/h5-7,12-13,17H,8-9H2,1-4H3,(H,18,19,20). The first-order valence-corrected chi connectivity index (χ1v) is 7.53. The van der Waals surface area contributed by atoms with Crippen molar-refractivity contribution in [2.24, 2.45) is 0 Å². The van der Waals surface area contributed by atoms with Gasteiger partial charge in [0.25, 0.3) is 0 Å². The van der Waals surface area contributed by atoms with Gasteiger partial charge in [0.15, 0.2) is 5.82 Å². The highest BCUT2D eigenvalue weighted by molar-refractivity contribution is 5.58. The molecule has 0 amide bonds. The minimum absolute atomic E-state index is 0.455. The van der Waals surface area contributed by atoms with E-state index in [9.17, 15) is 0 Å². The predicted octanol–water partition coefficient (Wildman–Crippen LogP) is 2.28. The molecule has 0 radical (unpaired) electrons. The lowest BCUT2D eigenvalue weighted by Gasteiger charge is -2.35. The molecule has 2 heterocycles. The Bertz CT molecular complexity index is 603. The molecule has 1 aromatic carbocycles. The second-order valence-electron chi connectivity index (χ2n) is 6.23. The third-order valence-electron chi connectivity index (χ3n) is 3.81. The van der Waals surface area contributed by atoms with E-state index in [1.54, 1.807) is 0 Å². The van der Waals surface area contributed by atoms with Crippen molar-refractivity contribution in [2.45, 2.75) is 39.8 Å². The highest BCUT2D eigenvalue weighted by atomic mass is 15.4. The highest BCUT2D eigenvalue weighted by Gasteiger charge is 2.23. The smallest absolute Gasteiger partial charge is 0.245 e. The predicted molar refractivity (Wildman–Crippen MR) is 85.6 cm³/mol. The highest BCUT2D eigenvalue weighted by Crippen LogP contribution is 2.21. The Hall–Kier alpha value is -1.88. The van der Waals surface area contributed by atoms with E-state index in [1.165, 1.54) is 11.1 Å². The first-order chi connectivity index (χ1) is 10.0. The van der Waals surface area contributed by atoms with Gasteiger partial charge in [0.05, 0.1) is 0 Å². The second-order valence-corrected chi connectivity index (χ2v) is 6.23. The summed E-state index contributed by atoms with van der Waals surface area (Å²) in [5, 5.41) is 11.0. The number of aromatic amines is 1. The van der Waals surface area contributed by atoms with E-state index in [1.807, 2.05) is 0 Å². The molecule has 1 aromatic heterocycles. The fourth-order valence-corrected chi connectivity index (χ4v) is 3.12. The molecule has 2 N–H and O–H groups in total. The van der Waals surface area contributed by atoms with Crippen LogP contribution in [0.15, 0.2) is 18.2 Å². The number of piperazine rings is 1. The average Bonchev–Trinajstić information content (AvgIpc) is 2.85. The van der Waals surface area contributed by atoms with Crippen LogP contribution in [0.1, 0.15) is 25.0 Å². The van der Waals surface area contributed by atoms with Crippen molar-refractivity contribution >= 4 is 5.95 Å². The summed E-state index contributed by atoms with van der Waals surface area (Å²) in [7, 11) is 0. The summed E-state index contributed by atoms with van der Waals surface area (Å²) in [5.41, 5.74) is 3.59. The monoisotopic (exact) mass is 285 g/mol. The molecule has 0 spiro atoms. The number of anilines is 1. The maximum absolute atomic E-state index is 4.69. The molecular weight excluding hydrogens is 262 g/mol. The third-order valence-corrected chi connectivity index (χ3v) is 3.81. The van der Waals surface area contributed by atoms with Crippen LogP contribution in [-0.2, 0) is 0 Å². The van der Waals surface area contributed by atoms with E-state index in [0.29, 0.717) is 12.1 Å². The fraction of sp³-hybridized carbons (Fsp3) is 0.500. The summed E-state index contributed by atoms with van der Waals surface area (Å²) in [4.78, 5) is 6.93.